The second kappa shape index (κ2) is 4.54. The van der Waals surface area contributed by atoms with Gasteiger partial charge in [-0.3, -0.25) is 4.79 Å². The highest BCUT2D eigenvalue weighted by Gasteiger charge is 2.14. The van der Waals surface area contributed by atoms with E-state index >= 15 is 0 Å². The summed E-state index contributed by atoms with van der Waals surface area (Å²) < 4.78 is 0. The Balaban J connectivity index is 0.000000810. The summed E-state index contributed by atoms with van der Waals surface area (Å²) in [5, 5.41) is 8.49. The zero-order chi connectivity index (χ0) is 6.69. The Morgan fingerprint density at radius 2 is 2.30 bits per heavy atom. The van der Waals surface area contributed by atoms with E-state index in [9.17, 15) is 4.79 Å². The molecule has 1 rings (SSSR count). The maximum absolute atomic E-state index is 10.3. The van der Waals surface area contributed by atoms with Gasteiger partial charge in [-0.25, -0.2) is 0 Å². The maximum Gasteiger partial charge on any atom is 0.310 e. The van der Waals surface area contributed by atoms with Gasteiger partial charge < -0.3 is 5.11 Å². The Morgan fingerprint density at radius 1 is 1.60 bits per heavy atom. The summed E-state index contributed by atoms with van der Waals surface area (Å²) in [7, 11) is 0. The van der Waals surface area contributed by atoms with Crippen molar-refractivity contribution in [1.82, 2.24) is 0 Å². The molecule has 0 aromatic rings. The van der Waals surface area contributed by atoms with Gasteiger partial charge >= 0.3 is 5.97 Å². The molecule has 1 atom stereocenters. The van der Waals surface area contributed by atoms with E-state index in [4.69, 9.17) is 5.11 Å². The molecule has 2 nitrogen and oxygen atoms in total. The van der Waals surface area contributed by atoms with E-state index < -0.39 is 5.97 Å². The molecular weight excluding hydrogens is 143 g/mol. The van der Waals surface area contributed by atoms with Crippen molar-refractivity contribution in [2.24, 2.45) is 5.92 Å². The van der Waals surface area contributed by atoms with E-state index in [-0.39, 0.29) is 23.3 Å². The van der Waals surface area contributed by atoms with Crippen LogP contribution in [0.5, 0.6) is 0 Å². The molecule has 0 heterocycles. The van der Waals surface area contributed by atoms with Crippen LogP contribution >= 0.6 is 0 Å². The lowest BCUT2D eigenvalue weighted by Crippen LogP contribution is -2.12. The molecule has 3 heteroatoms. The summed E-state index contributed by atoms with van der Waals surface area (Å²) in [5.41, 5.74) is 0. The standard InChI is InChI=1S/C7H10O2.Al.3H/c8-7(9)6-4-2-1-3-5-6;;;;/h2,4,6H,1,3,5H2,(H,8,9);;;;. The van der Waals surface area contributed by atoms with Crippen molar-refractivity contribution in [2.75, 3.05) is 0 Å². The molecule has 0 saturated carbocycles. The average Bonchev–Trinajstić information content (AvgIpc) is 1.90. The molecule has 0 spiro atoms. The Hall–Kier alpha value is -0.258. The average molecular weight is 156 g/mol. The van der Waals surface area contributed by atoms with E-state index in [2.05, 4.69) is 0 Å². The van der Waals surface area contributed by atoms with Gasteiger partial charge in [0.1, 0.15) is 0 Å². The van der Waals surface area contributed by atoms with Crippen LogP contribution in [0.4, 0.5) is 0 Å². The number of aliphatic carboxylic acids is 1. The van der Waals surface area contributed by atoms with E-state index in [0.29, 0.717) is 0 Å². The molecular formula is C7H13AlO2. The minimum absolute atomic E-state index is 0. The van der Waals surface area contributed by atoms with Crippen molar-refractivity contribution in [3.63, 3.8) is 0 Å². The van der Waals surface area contributed by atoms with Gasteiger partial charge in [0.25, 0.3) is 0 Å². The topological polar surface area (TPSA) is 37.3 Å². The van der Waals surface area contributed by atoms with Crippen molar-refractivity contribution in [3.05, 3.63) is 12.2 Å². The van der Waals surface area contributed by atoms with Crippen molar-refractivity contribution in [2.45, 2.75) is 19.3 Å². The molecule has 0 aromatic heterocycles. The van der Waals surface area contributed by atoms with Gasteiger partial charge in [0.15, 0.2) is 17.4 Å². The molecule has 1 N–H and O–H groups in total. The summed E-state index contributed by atoms with van der Waals surface area (Å²) >= 11 is 0. The number of carboxylic acids is 1. The van der Waals surface area contributed by atoms with Crippen LogP contribution in [0.25, 0.3) is 0 Å². The van der Waals surface area contributed by atoms with E-state index in [0.717, 1.165) is 19.3 Å². The number of hydrogen-bond acceptors (Lipinski definition) is 1. The second-order valence-corrected chi connectivity index (χ2v) is 2.30. The van der Waals surface area contributed by atoms with Crippen molar-refractivity contribution >= 4 is 23.3 Å². The molecule has 1 aliphatic rings. The fraction of sp³-hybridized carbons (Fsp3) is 0.571. The summed E-state index contributed by atoms with van der Waals surface area (Å²) in [6.45, 7) is 0. The Kier molecular flexibility index (Phi) is 4.42. The Bertz CT molecular complexity index is 143. The molecule has 0 amide bonds. The van der Waals surface area contributed by atoms with Crippen LogP contribution in [0.15, 0.2) is 12.2 Å². The van der Waals surface area contributed by atoms with Crippen LogP contribution in [0, 0.1) is 5.92 Å². The highest BCUT2D eigenvalue weighted by Crippen LogP contribution is 2.16. The quantitative estimate of drug-likeness (QED) is 0.436. The minimum Gasteiger partial charge on any atom is -0.481 e. The first-order valence-corrected chi connectivity index (χ1v) is 3.20. The molecule has 0 fully saturated rings. The molecule has 0 bridgehead atoms. The first-order chi connectivity index (χ1) is 4.30. The third-order valence-corrected chi connectivity index (χ3v) is 1.57. The highest BCUT2D eigenvalue weighted by molar-refractivity contribution is 5.75. The van der Waals surface area contributed by atoms with Gasteiger partial charge in [-0.05, 0) is 19.3 Å². The number of hydrogen-bond donors (Lipinski definition) is 1. The normalized spacial score (nSPS) is 23.4. The summed E-state index contributed by atoms with van der Waals surface area (Å²) in [4.78, 5) is 10.3. The van der Waals surface area contributed by atoms with Gasteiger partial charge in [-0.1, -0.05) is 12.2 Å². The molecule has 0 aliphatic heterocycles. The monoisotopic (exact) mass is 156 g/mol. The molecule has 0 aromatic carbocycles. The van der Waals surface area contributed by atoms with Crippen LogP contribution in [0.1, 0.15) is 19.3 Å². The largest absolute Gasteiger partial charge is 0.481 e. The Labute approximate surface area is 71.1 Å². The van der Waals surface area contributed by atoms with Gasteiger partial charge in [-0.2, -0.15) is 0 Å². The SMILES string of the molecule is O=C(O)C1C=CCCC1.[AlH3]. The van der Waals surface area contributed by atoms with E-state index in [1.54, 1.807) is 6.08 Å². The highest BCUT2D eigenvalue weighted by atomic mass is 27.0. The summed E-state index contributed by atoms with van der Waals surface area (Å²) in [5.74, 6) is -0.898. The van der Waals surface area contributed by atoms with Crippen LogP contribution < -0.4 is 0 Å². The van der Waals surface area contributed by atoms with Gasteiger partial charge in [0, 0.05) is 0 Å². The molecule has 1 unspecified atom stereocenters. The molecule has 0 saturated heterocycles. The molecule has 1 aliphatic carbocycles. The molecule has 56 valence electrons. The van der Waals surface area contributed by atoms with Gasteiger partial charge in [0.2, 0.25) is 0 Å². The third kappa shape index (κ3) is 2.55. The van der Waals surface area contributed by atoms with Crippen molar-refractivity contribution in [1.29, 1.82) is 0 Å². The summed E-state index contributed by atoms with van der Waals surface area (Å²) in [6.07, 6.45) is 6.61. The smallest absolute Gasteiger partial charge is 0.310 e. The number of rotatable bonds is 1. The molecule has 10 heavy (non-hydrogen) atoms. The Morgan fingerprint density at radius 3 is 2.60 bits per heavy atom. The molecule has 0 radical (unpaired) electrons. The zero-order valence-corrected chi connectivity index (χ0v) is 5.21. The zero-order valence-electron chi connectivity index (χ0n) is 5.21. The summed E-state index contributed by atoms with van der Waals surface area (Å²) in [6, 6.07) is 0. The lowest BCUT2D eigenvalue weighted by molar-refractivity contribution is -0.140. The lowest BCUT2D eigenvalue weighted by Gasteiger charge is -2.09. The van der Waals surface area contributed by atoms with E-state index in [1.165, 1.54) is 0 Å². The first-order valence-electron chi connectivity index (χ1n) is 3.20. The van der Waals surface area contributed by atoms with Crippen LogP contribution in [-0.4, -0.2) is 28.4 Å². The van der Waals surface area contributed by atoms with Crippen LogP contribution in [0.2, 0.25) is 0 Å². The predicted octanol–water partition coefficient (Wildman–Crippen LogP) is 0.243. The van der Waals surface area contributed by atoms with Gasteiger partial charge in [0.05, 0.1) is 5.92 Å². The number of carbonyl (C=O) groups is 1. The minimum atomic E-state index is -0.689. The second-order valence-electron chi connectivity index (χ2n) is 2.30. The number of carboxylic acid groups (broad SMARTS) is 1. The van der Waals surface area contributed by atoms with Crippen molar-refractivity contribution < 1.29 is 9.90 Å². The predicted molar refractivity (Wildman–Crippen MR) is 44.1 cm³/mol. The number of allylic oxidation sites excluding steroid dienone is 1. The lowest BCUT2D eigenvalue weighted by atomic mass is 9.96. The van der Waals surface area contributed by atoms with Crippen molar-refractivity contribution in [3.8, 4) is 0 Å². The van der Waals surface area contributed by atoms with Crippen LogP contribution in [-0.2, 0) is 4.79 Å². The fourth-order valence-electron chi connectivity index (χ4n) is 1.02. The van der Waals surface area contributed by atoms with Gasteiger partial charge in [-0.15, -0.1) is 0 Å². The first kappa shape index (κ1) is 9.74. The third-order valence-electron chi connectivity index (χ3n) is 1.57. The fourth-order valence-corrected chi connectivity index (χ4v) is 1.02. The van der Waals surface area contributed by atoms with Crippen LogP contribution in [0.3, 0.4) is 0 Å². The maximum atomic E-state index is 10.3. The van der Waals surface area contributed by atoms with E-state index in [1.807, 2.05) is 6.08 Å².